The second-order valence-electron chi connectivity index (χ2n) is 3.26. The molecule has 0 heterocycles. The molecule has 0 aromatic carbocycles. The van der Waals surface area contributed by atoms with Crippen molar-refractivity contribution in [1.29, 1.82) is 0 Å². The van der Waals surface area contributed by atoms with Crippen LogP contribution in [0.5, 0.6) is 0 Å². The van der Waals surface area contributed by atoms with Gasteiger partial charge in [-0.25, -0.2) is 0 Å². The van der Waals surface area contributed by atoms with Gasteiger partial charge in [-0.15, -0.1) is 0 Å². The van der Waals surface area contributed by atoms with Gasteiger partial charge in [0.25, 0.3) is 0 Å². The fourth-order valence-corrected chi connectivity index (χ4v) is 1.11. The lowest BCUT2D eigenvalue weighted by atomic mass is 10.1. The van der Waals surface area contributed by atoms with Crippen LogP contribution in [-0.4, -0.2) is 5.78 Å². The Morgan fingerprint density at radius 2 is 1.93 bits per heavy atom. The van der Waals surface area contributed by atoms with Crippen molar-refractivity contribution in [3.8, 4) is 0 Å². The number of unbranched alkanes of at least 4 members (excludes halogenated alkanes) is 3. The topological polar surface area (TPSA) is 17.1 Å². The van der Waals surface area contributed by atoms with Crippen molar-refractivity contribution in [2.24, 2.45) is 0 Å². The van der Waals surface area contributed by atoms with Gasteiger partial charge in [0.2, 0.25) is 0 Å². The van der Waals surface area contributed by atoms with Gasteiger partial charge in [-0.1, -0.05) is 57.1 Å². The number of carbonyl (C=O) groups excluding carboxylic acids is 1. The fourth-order valence-electron chi connectivity index (χ4n) is 1.11. The highest BCUT2D eigenvalue weighted by Crippen LogP contribution is 2.03. The van der Waals surface area contributed by atoms with Crippen LogP contribution in [0.15, 0.2) is 37.0 Å². The van der Waals surface area contributed by atoms with Crippen molar-refractivity contribution in [3.05, 3.63) is 37.0 Å². The molecule has 0 N–H and O–H groups in total. The highest BCUT2D eigenvalue weighted by Gasteiger charge is 1.94. The normalized spacial score (nSPS) is 11.2. The molecule has 0 bridgehead atoms. The predicted octanol–water partition coefficient (Wildman–Crippen LogP) is 3.82. The molecule has 0 fully saturated rings. The summed E-state index contributed by atoms with van der Waals surface area (Å²) in [6, 6.07) is 0. The van der Waals surface area contributed by atoms with Gasteiger partial charge in [0, 0.05) is 6.42 Å². The van der Waals surface area contributed by atoms with E-state index in [1.807, 2.05) is 6.08 Å². The van der Waals surface area contributed by atoms with Gasteiger partial charge in [-0.05, 0) is 12.5 Å². The quantitative estimate of drug-likeness (QED) is 0.324. The van der Waals surface area contributed by atoms with Gasteiger partial charge in [-0.3, -0.25) is 4.79 Å². The van der Waals surface area contributed by atoms with E-state index in [1.165, 1.54) is 19.3 Å². The molecule has 0 radical (unpaired) electrons. The lowest BCUT2D eigenvalue weighted by Crippen LogP contribution is -1.91. The van der Waals surface area contributed by atoms with E-state index in [-0.39, 0.29) is 5.78 Å². The number of hydrogen-bond donors (Lipinski definition) is 0. The molecule has 0 atom stereocenters. The summed E-state index contributed by atoms with van der Waals surface area (Å²) in [6.45, 7) is 5.71. The molecule has 0 aliphatic rings. The molecule has 1 heteroatoms. The van der Waals surface area contributed by atoms with E-state index in [1.54, 1.807) is 24.3 Å². The lowest BCUT2D eigenvalue weighted by molar-refractivity contribution is -0.114. The minimum atomic E-state index is 0.217. The van der Waals surface area contributed by atoms with E-state index >= 15 is 0 Å². The molecule has 0 amide bonds. The predicted molar refractivity (Wildman–Crippen MR) is 62.2 cm³/mol. The first-order valence-electron chi connectivity index (χ1n) is 5.30. The first-order chi connectivity index (χ1) is 6.81. The van der Waals surface area contributed by atoms with E-state index < -0.39 is 0 Å². The van der Waals surface area contributed by atoms with Gasteiger partial charge in [0.15, 0.2) is 5.78 Å². The maximum atomic E-state index is 11.2. The SMILES string of the molecule is C=C/C=C\C=C\C(=O)CCCCCC. The van der Waals surface area contributed by atoms with E-state index in [2.05, 4.69) is 13.5 Å². The fraction of sp³-hybridized carbons (Fsp3) is 0.462. The van der Waals surface area contributed by atoms with E-state index in [9.17, 15) is 4.79 Å². The van der Waals surface area contributed by atoms with Crippen molar-refractivity contribution in [2.75, 3.05) is 0 Å². The maximum absolute atomic E-state index is 11.2. The standard InChI is InChI=1S/C13H20O/c1-3-5-7-9-11-13(14)12-10-8-6-4-2/h3,5,7,9,11H,1,4,6,8,10,12H2,2H3/b7-5-,11-9+. The van der Waals surface area contributed by atoms with Crippen LogP contribution in [0.1, 0.15) is 39.0 Å². The molecular formula is C13H20O. The third-order valence-electron chi connectivity index (χ3n) is 1.92. The van der Waals surface area contributed by atoms with Crippen molar-refractivity contribution in [1.82, 2.24) is 0 Å². The van der Waals surface area contributed by atoms with Crippen molar-refractivity contribution in [2.45, 2.75) is 39.0 Å². The zero-order valence-electron chi connectivity index (χ0n) is 9.04. The zero-order valence-corrected chi connectivity index (χ0v) is 9.04. The van der Waals surface area contributed by atoms with E-state index in [0.717, 1.165) is 6.42 Å². The van der Waals surface area contributed by atoms with Crippen LogP contribution in [0.3, 0.4) is 0 Å². The van der Waals surface area contributed by atoms with Crippen LogP contribution in [0, 0.1) is 0 Å². The van der Waals surface area contributed by atoms with Crippen LogP contribution < -0.4 is 0 Å². The average Bonchev–Trinajstić information content (AvgIpc) is 2.19. The summed E-state index contributed by atoms with van der Waals surface area (Å²) in [5.74, 6) is 0.217. The molecule has 0 saturated heterocycles. The Morgan fingerprint density at radius 3 is 2.57 bits per heavy atom. The average molecular weight is 192 g/mol. The number of rotatable bonds is 8. The van der Waals surface area contributed by atoms with Gasteiger partial charge >= 0.3 is 0 Å². The molecule has 1 nitrogen and oxygen atoms in total. The van der Waals surface area contributed by atoms with Crippen LogP contribution >= 0.6 is 0 Å². The summed E-state index contributed by atoms with van der Waals surface area (Å²) in [7, 11) is 0. The molecule has 0 aliphatic carbocycles. The van der Waals surface area contributed by atoms with Crippen molar-refractivity contribution in [3.63, 3.8) is 0 Å². The molecule has 0 saturated carbocycles. The molecule has 0 aromatic rings. The van der Waals surface area contributed by atoms with Crippen LogP contribution in [0.4, 0.5) is 0 Å². The summed E-state index contributed by atoms with van der Waals surface area (Å²) in [4.78, 5) is 11.2. The van der Waals surface area contributed by atoms with Gasteiger partial charge in [0.1, 0.15) is 0 Å². The lowest BCUT2D eigenvalue weighted by Gasteiger charge is -1.95. The Kier molecular flexibility index (Phi) is 9.18. The molecule has 0 aromatic heterocycles. The maximum Gasteiger partial charge on any atom is 0.155 e. The highest BCUT2D eigenvalue weighted by atomic mass is 16.1. The van der Waals surface area contributed by atoms with Crippen LogP contribution in [0.2, 0.25) is 0 Å². The summed E-state index contributed by atoms with van der Waals surface area (Å²) < 4.78 is 0. The Balaban J connectivity index is 3.49. The Hall–Kier alpha value is -1.11. The smallest absolute Gasteiger partial charge is 0.155 e. The number of ketones is 1. The minimum absolute atomic E-state index is 0.217. The first kappa shape index (κ1) is 12.9. The van der Waals surface area contributed by atoms with E-state index in [0.29, 0.717) is 6.42 Å². The van der Waals surface area contributed by atoms with Crippen LogP contribution in [-0.2, 0) is 4.79 Å². The van der Waals surface area contributed by atoms with Crippen molar-refractivity contribution >= 4 is 5.78 Å². The minimum Gasteiger partial charge on any atom is -0.295 e. The second-order valence-corrected chi connectivity index (χ2v) is 3.26. The molecule has 0 unspecified atom stereocenters. The monoisotopic (exact) mass is 192 g/mol. The zero-order chi connectivity index (χ0) is 10.6. The van der Waals surface area contributed by atoms with Gasteiger partial charge in [0.05, 0.1) is 0 Å². The summed E-state index contributed by atoms with van der Waals surface area (Å²) in [6.07, 6.45) is 14.0. The van der Waals surface area contributed by atoms with Gasteiger partial charge in [-0.2, -0.15) is 0 Å². The third-order valence-corrected chi connectivity index (χ3v) is 1.92. The molecule has 0 aliphatic heterocycles. The Labute approximate surface area is 87.2 Å². The highest BCUT2D eigenvalue weighted by molar-refractivity contribution is 5.89. The summed E-state index contributed by atoms with van der Waals surface area (Å²) >= 11 is 0. The first-order valence-corrected chi connectivity index (χ1v) is 5.30. The molecule has 78 valence electrons. The number of carbonyl (C=O) groups is 1. The Morgan fingerprint density at radius 1 is 1.14 bits per heavy atom. The number of allylic oxidation sites excluding steroid dienone is 5. The third kappa shape index (κ3) is 8.98. The Bertz CT molecular complexity index is 211. The molecule has 0 rings (SSSR count). The van der Waals surface area contributed by atoms with Crippen molar-refractivity contribution < 1.29 is 4.79 Å². The molecular weight excluding hydrogens is 172 g/mol. The summed E-state index contributed by atoms with van der Waals surface area (Å²) in [5.41, 5.74) is 0. The van der Waals surface area contributed by atoms with Gasteiger partial charge < -0.3 is 0 Å². The van der Waals surface area contributed by atoms with E-state index in [4.69, 9.17) is 0 Å². The molecule has 0 spiro atoms. The number of hydrogen-bond acceptors (Lipinski definition) is 1. The van der Waals surface area contributed by atoms with Crippen LogP contribution in [0.25, 0.3) is 0 Å². The second kappa shape index (κ2) is 9.97. The largest absolute Gasteiger partial charge is 0.295 e. The summed E-state index contributed by atoms with van der Waals surface area (Å²) in [5, 5.41) is 0. The molecule has 14 heavy (non-hydrogen) atoms.